The van der Waals surface area contributed by atoms with E-state index in [9.17, 15) is 9.59 Å². The fourth-order valence-electron chi connectivity index (χ4n) is 3.65. The molecule has 1 N–H and O–H groups in total. The number of thioether (sulfide) groups is 1. The summed E-state index contributed by atoms with van der Waals surface area (Å²) in [6.45, 7) is 3.59. The number of benzene rings is 1. The average molecular weight is 432 g/mol. The van der Waals surface area contributed by atoms with Crippen LogP contribution in [0.1, 0.15) is 36.1 Å². The van der Waals surface area contributed by atoms with Gasteiger partial charge in [0.25, 0.3) is 5.56 Å². The first-order chi connectivity index (χ1) is 14.5. The molecular formula is C22H29N3O4S. The third kappa shape index (κ3) is 5.86. The largest absolute Gasteiger partial charge is 0.497 e. The minimum atomic E-state index is -0.168. The number of nitrogens with zero attached hydrogens (tertiary/aromatic N) is 2. The van der Waals surface area contributed by atoms with Crippen molar-refractivity contribution in [2.24, 2.45) is 0 Å². The summed E-state index contributed by atoms with van der Waals surface area (Å²) in [6, 6.07) is 7.73. The maximum atomic E-state index is 13.1. The Kier molecular flexibility index (Phi) is 7.93. The molecule has 0 bridgehead atoms. The molecule has 0 spiro atoms. The summed E-state index contributed by atoms with van der Waals surface area (Å²) in [5.41, 5.74) is 2.08. The van der Waals surface area contributed by atoms with Crippen molar-refractivity contribution < 1.29 is 14.3 Å². The predicted molar refractivity (Wildman–Crippen MR) is 117 cm³/mol. The lowest BCUT2D eigenvalue weighted by Crippen LogP contribution is -2.37. The molecule has 3 rings (SSSR count). The average Bonchev–Trinajstić information content (AvgIpc) is 3.25. The minimum absolute atomic E-state index is 0.000984. The zero-order valence-corrected chi connectivity index (χ0v) is 18.6. The van der Waals surface area contributed by atoms with Gasteiger partial charge in [-0.3, -0.25) is 9.59 Å². The highest BCUT2D eigenvalue weighted by molar-refractivity contribution is 7.98. The van der Waals surface area contributed by atoms with Gasteiger partial charge in [-0.1, -0.05) is 23.9 Å². The van der Waals surface area contributed by atoms with E-state index in [0.29, 0.717) is 35.9 Å². The molecule has 2 aromatic rings. The lowest BCUT2D eigenvalue weighted by Gasteiger charge is -2.26. The first-order valence-electron chi connectivity index (χ1n) is 10.2. The van der Waals surface area contributed by atoms with Gasteiger partial charge in [0, 0.05) is 37.4 Å². The highest BCUT2D eigenvalue weighted by atomic mass is 32.2. The zero-order valence-electron chi connectivity index (χ0n) is 17.8. The van der Waals surface area contributed by atoms with Crippen LogP contribution in [0.4, 0.5) is 0 Å². The Hall–Kier alpha value is -2.32. The Morgan fingerprint density at radius 3 is 2.93 bits per heavy atom. The number of aromatic nitrogens is 2. The molecule has 1 aliphatic heterocycles. The molecule has 1 unspecified atom stereocenters. The van der Waals surface area contributed by atoms with Gasteiger partial charge in [-0.2, -0.15) is 0 Å². The number of nitrogens with one attached hydrogen (secondary N) is 1. The summed E-state index contributed by atoms with van der Waals surface area (Å²) in [4.78, 5) is 34.5. The number of carbonyl (C=O) groups is 1. The molecule has 1 aromatic heterocycles. The molecule has 0 saturated carbocycles. The van der Waals surface area contributed by atoms with Crippen molar-refractivity contribution in [3.05, 3.63) is 51.4 Å². The Morgan fingerprint density at radius 1 is 1.43 bits per heavy atom. The number of rotatable bonds is 9. The third-order valence-electron chi connectivity index (χ3n) is 5.29. The molecule has 8 heteroatoms. The van der Waals surface area contributed by atoms with Crippen molar-refractivity contribution in [2.75, 3.05) is 26.5 Å². The van der Waals surface area contributed by atoms with Crippen LogP contribution in [-0.2, 0) is 22.5 Å². The smallest absolute Gasteiger partial charge is 0.254 e. The second kappa shape index (κ2) is 10.6. The number of aryl methyl sites for hydroxylation is 1. The number of hydrogen-bond donors (Lipinski definition) is 1. The topological polar surface area (TPSA) is 84.5 Å². The van der Waals surface area contributed by atoms with Crippen LogP contribution in [0.25, 0.3) is 0 Å². The molecule has 2 heterocycles. The molecular weight excluding hydrogens is 402 g/mol. The Bertz CT molecular complexity index is 925. The lowest BCUT2D eigenvalue weighted by molar-refractivity contribution is -0.133. The molecule has 1 fully saturated rings. The Labute approximate surface area is 181 Å². The fraction of sp³-hybridized carbons (Fsp3) is 0.500. The standard InChI is InChI=1S/C22H29N3O4S/c1-15-19(21(27)24-22(23-15)30-3)9-10-20(26)25(14-18-8-5-11-29-18)13-16-6-4-7-17(12-16)28-2/h4,6-7,12,18H,5,8-11,13-14H2,1-3H3,(H,23,24,27). The highest BCUT2D eigenvalue weighted by Crippen LogP contribution is 2.19. The fourth-order valence-corrected chi connectivity index (χ4v) is 4.07. The normalized spacial score (nSPS) is 15.9. The summed E-state index contributed by atoms with van der Waals surface area (Å²) < 4.78 is 11.1. The number of methoxy groups -OCH3 is 1. The van der Waals surface area contributed by atoms with E-state index in [0.717, 1.165) is 30.8 Å². The molecule has 1 aromatic carbocycles. The van der Waals surface area contributed by atoms with Crippen LogP contribution in [0.3, 0.4) is 0 Å². The van der Waals surface area contributed by atoms with E-state index >= 15 is 0 Å². The van der Waals surface area contributed by atoms with E-state index in [1.165, 1.54) is 11.8 Å². The molecule has 30 heavy (non-hydrogen) atoms. The van der Waals surface area contributed by atoms with Crippen LogP contribution in [0.2, 0.25) is 0 Å². The van der Waals surface area contributed by atoms with Gasteiger partial charge in [0.1, 0.15) is 5.75 Å². The quantitative estimate of drug-likeness (QED) is 0.485. The second-order valence-corrected chi connectivity index (χ2v) is 8.19. The van der Waals surface area contributed by atoms with Gasteiger partial charge in [0.15, 0.2) is 5.16 Å². The van der Waals surface area contributed by atoms with Crippen molar-refractivity contribution >= 4 is 17.7 Å². The van der Waals surface area contributed by atoms with Gasteiger partial charge in [-0.05, 0) is 50.1 Å². The molecule has 162 valence electrons. The van der Waals surface area contributed by atoms with E-state index < -0.39 is 0 Å². The SMILES string of the molecule is COc1cccc(CN(CC2CCCO2)C(=O)CCc2c(C)nc(SC)[nH]c2=O)c1. The molecule has 1 aliphatic rings. The Balaban J connectivity index is 1.72. The summed E-state index contributed by atoms with van der Waals surface area (Å²) in [5.74, 6) is 0.764. The van der Waals surface area contributed by atoms with Gasteiger partial charge >= 0.3 is 0 Å². The van der Waals surface area contributed by atoms with Crippen LogP contribution in [0.15, 0.2) is 34.2 Å². The van der Waals surface area contributed by atoms with Crippen LogP contribution < -0.4 is 10.3 Å². The van der Waals surface area contributed by atoms with Crippen molar-refractivity contribution in [3.63, 3.8) is 0 Å². The first kappa shape index (κ1) is 22.4. The molecule has 7 nitrogen and oxygen atoms in total. The molecule has 1 amide bonds. The molecule has 0 aliphatic carbocycles. The zero-order chi connectivity index (χ0) is 21.5. The number of H-pyrrole nitrogens is 1. The molecule has 1 saturated heterocycles. The summed E-state index contributed by atoms with van der Waals surface area (Å²) in [5, 5.41) is 0.589. The number of amides is 1. The van der Waals surface area contributed by atoms with E-state index in [4.69, 9.17) is 9.47 Å². The van der Waals surface area contributed by atoms with Crippen molar-refractivity contribution in [1.82, 2.24) is 14.9 Å². The van der Waals surface area contributed by atoms with Crippen LogP contribution in [0.5, 0.6) is 5.75 Å². The summed E-state index contributed by atoms with van der Waals surface area (Å²) in [6.07, 6.45) is 4.52. The van der Waals surface area contributed by atoms with Gasteiger partial charge in [0.05, 0.1) is 13.2 Å². The maximum absolute atomic E-state index is 13.1. The Morgan fingerprint density at radius 2 is 2.27 bits per heavy atom. The first-order valence-corrected chi connectivity index (χ1v) is 11.4. The summed E-state index contributed by atoms with van der Waals surface area (Å²) >= 11 is 1.39. The second-order valence-electron chi connectivity index (χ2n) is 7.40. The lowest BCUT2D eigenvalue weighted by atomic mass is 10.1. The third-order valence-corrected chi connectivity index (χ3v) is 5.87. The van der Waals surface area contributed by atoms with E-state index in [1.807, 2.05) is 42.3 Å². The molecule has 1 atom stereocenters. The van der Waals surface area contributed by atoms with Gasteiger partial charge in [0.2, 0.25) is 5.91 Å². The van der Waals surface area contributed by atoms with Crippen LogP contribution in [0, 0.1) is 6.92 Å². The minimum Gasteiger partial charge on any atom is -0.497 e. The van der Waals surface area contributed by atoms with Crippen LogP contribution >= 0.6 is 11.8 Å². The van der Waals surface area contributed by atoms with E-state index in [2.05, 4.69) is 9.97 Å². The monoisotopic (exact) mass is 431 g/mol. The van der Waals surface area contributed by atoms with Crippen molar-refractivity contribution in [3.8, 4) is 5.75 Å². The predicted octanol–water partition coefficient (Wildman–Crippen LogP) is 2.95. The number of ether oxygens (including phenoxy) is 2. The van der Waals surface area contributed by atoms with Gasteiger partial charge < -0.3 is 19.4 Å². The maximum Gasteiger partial charge on any atom is 0.254 e. The van der Waals surface area contributed by atoms with Crippen LogP contribution in [-0.4, -0.2) is 53.4 Å². The highest BCUT2D eigenvalue weighted by Gasteiger charge is 2.23. The van der Waals surface area contributed by atoms with Gasteiger partial charge in [-0.25, -0.2) is 4.98 Å². The molecule has 0 radical (unpaired) electrons. The number of hydrogen-bond acceptors (Lipinski definition) is 6. The van der Waals surface area contributed by atoms with Crippen molar-refractivity contribution in [1.29, 1.82) is 0 Å². The van der Waals surface area contributed by atoms with E-state index in [-0.39, 0.29) is 24.0 Å². The van der Waals surface area contributed by atoms with Crippen molar-refractivity contribution in [2.45, 2.75) is 50.4 Å². The number of aromatic amines is 1. The van der Waals surface area contributed by atoms with E-state index in [1.54, 1.807) is 7.11 Å². The number of carbonyl (C=O) groups excluding carboxylic acids is 1. The summed E-state index contributed by atoms with van der Waals surface area (Å²) in [7, 11) is 1.63. The van der Waals surface area contributed by atoms with Gasteiger partial charge in [-0.15, -0.1) is 0 Å².